The average molecular weight is 279 g/mol. The van der Waals surface area contributed by atoms with E-state index in [4.69, 9.17) is 5.11 Å². The second-order valence-corrected chi connectivity index (χ2v) is 4.89. The highest BCUT2D eigenvalue weighted by molar-refractivity contribution is 5.65. The van der Waals surface area contributed by atoms with Crippen LogP contribution in [0.25, 0.3) is 0 Å². The van der Waals surface area contributed by atoms with Crippen LogP contribution in [0.3, 0.4) is 0 Å². The van der Waals surface area contributed by atoms with Crippen LogP contribution in [0, 0.1) is 16.0 Å². The molecule has 0 spiro atoms. The molecule has 2 N–H and O–H groups in total. The molecule has 1 aromatic rings. The molecule has 1 aliphatic heterocycles. The van der Waals surface area contributed by atoms with Crippen LogP contribution >= 0.6 is 0 Å². The van der Waals surface area contributed by atoms with Crippen LogP contribution in [0.15, 0.2) is 24.3 Å². The fraction of sp³-hybridized carbons (Fsp3) is 0.462. The monoisotopic (exact) mass is 279 g/mol. The molecule has 108 valence electrons. The summed E-state index contributed by atoms with van der Waals surface area (Å²) >= 11 is 0. The summed E-state index contributed by atoms with van der Waals surface area (Å²) in [6, 6.07) is 6.47. The molecule has 1 aromatic carbocycles. The lowest BCUT2D eigenvalue weighted by atomic mass is 9.98. The predicted molar refractivity (Wildman–Crippen MR) is 73.9 cm³/mol. The van der Waals surface area contributed by atoms with Gasteiger partial charge in [0.2, 0.25) is 0 Å². The van der Waals surface area contributed by atoms with Crippen LogP contribution in [0.1, 0.15) is 12.8 Å². The Bertz CT molecular complexity index is 506. The van der Waals surface area contributed by atoms with Gasteiger partial charge in [0.25, 0.3) is 5.69 Å². The van der Waals surface area contributed by atoms with Gasteiger partial charge >= 0.3 is 6.09 Å². The van der Waals surface area contributed by atoms with Gasteiger partial charge in [0.15, 0.2) is 0 Å². The van der Waals surface area contributed by atoms with E-state index in [0.717, 1.165) is 12.8 Å². The summed E-state index contributed by atoms with van der Waals surface area (Å²) in [7, 11) is 0. The molecule has 0 radical (unpaired) electrons. The zero-order valence-electron chi connectivity index (χ0n) is 11.0. The third kappa shape index (κ3) is 3.37. The number of hydrogen-bond donors (Lipinski definition) is 2. The van der Waals surface area contributed by atoms with E-state index in [2.05, 4.69) is 5.32 Å². The molecule has 1 saturated heterocycles. The zero-order valence-corrected chi connectivity index (χ0v) is 11.0. The third-order valence-corrected chi connectivity index (χ3v) is 3.47. The van der Waals surface area contributed by atoms with E-state index in [1.54, 1.807) is 18.2 Å². The number of amides is 1. The molecule has 1 heterocycles. The number of piperidine rings is 1. The van der Waals surface area contributed by atoms with Crippen molar-refractivity contribution in [2.24, 2.45) is 5.92 Å². The molecule has 20 heavy (non-hydrogen) atoms. The van der Waals surface area contributed by atoms with E-state index in [1.807, 2.05) is 0 Å². The maximum absolute atomic E-state index is 10.9. The van der Waals surface area contributed by atoms with E-state index in [9.17, 15) is 14.9 Å². The first-order chi connectivity index (χ1) is 9.58. The largest absolute Gasteiger partial charge is 0.465 e. The number of nitro groups is 1. The Hall–Kier alpha value is -2.31. The average Bonchev–Trinajstić information content (AvgIpc) is 2.45. The van der Waals surface area contributed by atoms with Gasteiger partial charge in [-0.05, 0) is 24.8 Å². The minimum atomic E-state index is -0.902. The minimum absolute atomic E-state index is 0.0402. The maximum atomic E-state index is 10.9. The fourth-order valence-electron chi connectivity index (χ4n) is 2.44. The summed E-state index contributed by atoms with van der Waals surface area (Å²) in [5, 5.41) is 22.9. The van der Waals surface area contributed by atoms with Crippen LogP contribution in [0.4, 0.5) is 16.2 Å². The van der Waals surface area contributed by atoms with Gasteiger partial charge < -0.3 is 15.3 Å². The van der Waals surface area contributed by atoms with Crippen molar-refractivity contribution in [2.45, 2.75) is 12.8 Å². The first-order valence-electron chi connectivity index (χ1n) is 6.53. The van der Waals surface area contributed by atoms with Gasteiger partial charge in [-0.15, -0.1) is 0 Å². The number of para-hydroxylation sites is 2. The molecule has 0 saturated carbocycles. The number of hydrogen-bond acceptors (Lipinski definition) is 4. The molecule has 7 heteroatoms. The van der Waals surface area contributed by atoms with E-state index in [1.165, 1.54) is 11.0 Å². The smallest absolute Gasteiger partial charge is 0.407 e. The highest BCUT2D eigenvalue weighted by Crippen LogP contribution is 2.24. The summed E-state index contributed by atoms with van der Waals surface area (Å²) in [4.78, 5) is 22.8. The third-order valence-electron chi connectivity index (χ3n) is 3.47. The summed E-state index contributed by atoms with van der Waals surface area (Å²) in [6.45, 7) is 1.58. The van der Waals surface area contributed by atoms with Crippen LogP contribution in [0.5, 0.6) is 0 Å². The zero-order chi connectivity index (χ0) is 14.5. The van der Waals surface area contributed by atoms with Gasteiger partial charge in [-0.25, -0.2) is 4.79 Å². The molecule has 7 nitrogen and oxygen atoms in total. The summed E-state index contributed by atoms with van der Waals surface area (Å²) in [5.74, 6) is 0.180. The number of anilines is 1. The summed E-state index contributed by atoms with van der Waals surface area (Å²) < 4.78 is 0. The standard InChI is InChI=1S/C13H17N3O4/c17-13(18)15-7-3-4-10(9-15)8-14-11-5-1-2-6-12(11)16(19)20/h1-2,5-6,10,14H,3-4,7-9H2,(H,17,18)/t10-/m1/s1. The van der Waals surface area contributed by atoms with Gasteiger partial charge in [-0.3, -0.25) is 10.1 Å². The molecule has 0 bridgehead atoms. The van der Waals surface area contributed by atoms with Crippen molar-refractivity contribution in [1.82, 2.24) is 4.90 Å². The maximum Gasteiger partial charge on any atom is 0.407 e. The Balaban J connectivity index is 1.95. The van der Waals surface area contributed by atoms with Gasteiger partial charge in [0, 0.05) is 25.7 Å². The van der Waals surface area contributed by atoms with E-state index >= 15 is 0 Å². The number of nitrogens with zero attached hydrogens (tertiary/aromatic N) is 2. The topological polar surface area (TPSA) is 95.7 Å². The van der Waals surface area contributed by atoms with Gasteiger partial charge in [-0.2, -0.15) is 0 Å². The second-order valence-electron chi connectivity index (χ2n) is 4.89. The van der Waals surface area contributed by atoms with Crippen molar-refractivity contribution in [3.63, 3.8) is 0 Å². The predicted octanol–water partition coefficient (Wildman–Crippen LogP) is 2.40. The number of rotatable bonds is 4. The van der Waals surface area contributed by atoms with Crippen molar-refractivity contribution >= 4 is 17.5 Å². The molecular weight excluding hydrogens is 262 g/mol. The van der Waals surface area contributed by atoms with Crippen molar-refractivity contribution in [3.8, 4) is 0 Å². The molecule has 1 atom stereocenters. The molecule has 0 aromatic heterocycles. The van der Waals surface area contributed by atoms with Crippen molar-refractivity contribution in [2.75, 3.05) is 25.0 Å². The Morgan fingerprint density at radius 1 is 1.50 bits per heavy atom. The number of likely N-dealkylation sites (tertiary alicyclic amines) is 1. The van der Waals surface area contributed by atoms with Crippen molar-refractivity contribution in [1.29, 1.82) is 0 Å². The van der Waals surface area contributed by atoms with Gasteiger partial charge in [0.1, 0.15) is 5.69 Å². The highest BCUT2D eigenvalue weighted by Gasteiger charge is 2.23. The first kappa shape index (κ1) is 14.1. The molecule has 0 aliphatic carbocycles. The number of nitro benzene ring substituents is 1. The SMILES string of the molecule is O=C(O)N1CCC[C@H](CNc2ccccc2[N+](=O)[O-])C1. The number of carboxylic acid groups (broad SMARTS) is 1. The molecule has 0 unspecified atom stereocenters. The molecule has 1 amide bonds. The van der Waals surface area contributed by atoms with Gasteiger partial charge in [-0.1, -0.05) is 12.1 Å². The van der Waals surface area contributed by atoms with Crippen LogP contribution in [-0.4, -0.2) is 40.7 Å². The van der Waals surface area contributed by atoms with Crippen LogP contribution in [-0.2, 0) is 0 Å². The Morgan fingerprint density at radius 3 is 2.95 bits per heavy atom. The summed E-state index contributed by atoms with van der Waals surface area (Å²) in [5.41, 5.74) is 0.517. The fourth-order valence-corrected chi connectivity index (χ4v) is 2.44. The van der Waals surface area contributed by atoms with E-state index in [-0.39, 0.29) is 11.6 Å². The van der Waals surface area contributed by atoms with Crippen molar-refractivity contribution in [3.05, 3.63) is 34.4 Å². The first-order valence-corrected chi connectivity index (χ1v) is 6.53. The number of carbonyl (C=O) groups is 1. The van der Waals surface area contributed by atoms with Crippen LogP contribution < -0.4 is 5.32 Å². The highest BCUT2D eigenvalue weighted by atomic mass is 16.6. The Labute approximate surface area is 116 Å². The lowest BCUT2D eigenvalue weighted by Gasteiger charge is -2.30. The minimum Gasteiger partial charge on any atom is -0.465 e. The Kier molecular flexibility index (Phi) is 4.39. The molecule has 2 rings (SSSR count). The number of nitrogens with one attached hydrogen (secondary N) is 1. The number of benzene rings is 1. The quantitative estimate of drug-likeness (QED) is 0.651. The molecule has 1 aliphatic rings. The Morgan fingerprint density at radius 2 is 2.25 bits per heavy atom. The van der Waals surface area contributed by atoms with E-state index < -0.39 is 11.0 Å². The van der Waals surface area contributed by atoms with Gasteiger partial charge in [0.05, 0.1) is 4.92 Å². The van der Waals surface area contributed by atoms with E-state index in [0.29, 0.717) is 25.3 Å². The second kappa shape index (κ2) is 6.23. The normalized spacial score (nSPS) is 18.6. The molecular formula is C13H17N3O4. The lowest BCUT2D eigenvalue weighted by Crippen LogP contribution is -2.41. The van der Waals surface area contributed by atoms with Crippen LogP contribution in [0.2, 0.25) is 0 Å². The lowest BCUT2D eigenvalue weighted by molar-refractivity contribution is -0.384. The summed E-state index contributed by atoms with van der Waals surface area (Å²) in [6.07, 6.45) is 0.854. The molecule has 1 fully saturated rings. The van der Waals surface area contributed by atoms with Crippen molar-refractivity contribution < 1.29 is 14.8 Å².